The van der Waals surface area contributed by atoms with Crippen LogP contribution in [0.3, 0.4) is 0 Å². The van der Waals surface area contributed by atoms with E-state index in [2.05, 4.69) is 45.0 Å². The van der Waals surface area contributed by atoms with Gasteiger partial charge in [0.25, 0.3) is 0 Å². The zero-order valence-corrected chi connectivity index (χ0v) is 10.9. The van der Waals surface area contributed by atoms with E-state index in [4.69, 9.17) is 0 Å². The van der Waals surface area contributed by atoms with Crippen LogP contribution in [0.4, 0.5) is 0 Å². The lowest BCUT2D eigenvalue weighted by Crippen LogP contribution is -2.42. The van der Waals surface area contributed by atoms with Gasteiger partial charge in [0.2, 0.25) is 5.91 Å². The highest BCUT2D eigenvalue weighted by atomic mass is 16.2. The van der Waals surface area contributed by atoms with E-state index in [9.17, 15) is 4.79 Å². The minimum Gasteiger partial charge on any atom is -0.335 e. The molecule has 0 aromatic heterocycles. The summed E-state index contributed by atoms with van der Waals surface area (Å²) < 4.78 is 0. The first kappa shape index (κ1) is 12.2. The molecule has 0 saturated carbocycles. The number of hydrogen-bond donors (Lipinski definition) is 0. The Hall–Kier alpha value is -1.31. The summed E-state index contributed by atoms with van der Waals surface area (Å²) >= 11 is 0. The van der Waals surface area contributed by atoms with Gasteiger partial charge in [0.15, 0.2) is 0 Å². The molecule has 0 fully saturated rings. The Bertz CT molecular complexity index is 411. The lowest BCUT2D eigenvalue weighted by molar-refractivity contribution is -0.135. The van der Waals surface area contributed by atoms with Crippen LogP contribution in [0.1, 0.15) is 38.3 Å². The predicted octanol–water partition coefficient (Wildman–Crippen LogP) is 3.01. The third-order valence-electron chi connectivity index (χ3n) is 3.41. The van der Waals surface area contributed by atoms with E-state index >= 15 is 0 Å². The van der Waals surface area contributed by atoms with Gasteiger partial charge < -0.3 is 4.90 Å². The Labute approximate surface area is 104 Å². The van der Waals surface area contributed by atoms with Crippen LogP contribution in [0, 0.1) is 5.92 Å². The van der Waals surface area contributed by atoms with E-state index in [0.29, 0.717) is 24.3 Å². The zero-order valence-electron chi connectivity index (χ0n) is 10.9. The number of amides is 1. The van der Waals surface area contributed by atoms with Gasteiger partial charge in [-0.2, -0.15) is 0 Å². The molecule has 1 aromatic carbocycles. The second-order valence-corrected chi connectivity index (χ2v) is 5.44. The molecule has 1 atom stereocenters. The number of carbonyl (C=O) groups excluding carboxylic acids is 1. The number of rotatable bonds is 2. The number of fused-ring (bicyclic) bond motifs is 1. The van der Waals surface area contributed by atoms with E-state index < -0.39 is 0 Å². The maximum absolute atomic E-state index is 12.2. The molecule has 0 bridgehead atoms. The Kier molecular flexibility index (Phi) is 3.51. The molecular weight excluding hydrogens is 210 g/mol. The van der Waals surface area contributed by atoms with Crippen LogP contribution in [-0.4, -0.2) is 16.8 Å². The molecule has 0 saturated heterocycles. The van der Waals surface area contributed by atoms with E-state index in [1.165, 1.54) is 11.1 Å². The third-order valence-corrected chi connectivity index (χ3v) is 3.41. The summed E-state index contributed by atoms with van der Waals surface area (Å²) in [6, 6.07) is 8.78. The van der Waals surface area contributed by atoms with Crippen molar-refractivity contribution in [2.24, 2.45) is 5.92 Å². The van der Waals surface area contributed by atoms with Gasteiger partial charge in [-0.1, -0.05) is 38.1 Å². The molecular formula is C15H21NO. The maximum Gasteiger partial charge on any atom is 0.223 e. The van der Waals surface area contributed by atoms with Crippen molar-refractivity contribution in [3.8, 4) is 0 Å². The average molecular weight is 231 g/mol. The largest absolute Gasteiger partial charge is 0.335 e. The molecule has 1 heterocycles. The fraction of sp³-hybridized carbons (Fsp3) is 0.533. The summed E-state index contributed by atoms with van der Waals surface area (Å²) in [6.07, 6.45) is 1.65. The standard InChI is InChI=1S/C15H21NO/c1-11(2)8-15(17)16-10-14-7-5-4-6-13(14)9-12(16)3/h4-7,11-12H,8-10H2,1-3H3. The summed E-state index contributed by atoms with van der Waals surface area (Å²) in [4.78, 5) is 14.2. The fourth-order valence-corrected chi connectivity index (χ4v) is 2.48. The van der Waals surface area contributed by atoms with Crippen molar-refractivity contribution in [3.63, 3.8) is 0 Å². The van der Waals surface area contributed by atoms with E-state index in [1.54, 1.807) is 0 Å². The van der Waals surface area contributed by atoms with Gasteiger partial charge in [0.05, 0.1) is 0 Å². The van der Waals surface area contributed by atoms with E-state index in [1.807, 2.05) is 4.90 Å². The lowest BCUT2D eigenvalue weighted by Gasteiger charge is -2.35. The van der Waals surface area contributed by atoms with Crippen LogP contribution in [0.2, 0.25) is 0 Å². The summed E-state index contributed by atoms with van der Waals surface area (Å²) in [5.41, 5.74) is 2.70. The monoisotopic (exact) mass is 231 g/mol. The Morgan fingerprint density at radius 3 is 2.65 bits per heavy atom. The number of carbonyl (C=O) groups is 1. The highest BCUT2D eigenvalue weighted by molar-refractivity contribution is 5.77. The Morgan fingerprint density at radius 1 is 1.35 bits per heavy atom. The predicted molar refractivity (Wildman–Crippen MR) is 69.6 cm³/mol. The molecule has 0 spiro atoms. The molecule has 2 rings (SSSR count). The molecule has 1 aromatic rings. The van der Waals surface area contributed by atoms with Gasteiger partial charge in [-0.25, -0.2) is 0 Å². The minimum atomic E-state index is 0.294. The zero-order chi connectivity index (χ0) is 12.4. The Morgan fingerprint density at radius 2 is 2.00 bits per heavy atom. The van der Waals surface area contributed by atoms with E-state index in [-0.39, 0.29) is 0 Å². The van der Waals surface area contributed by atoms with Gasteiger partial charge in [-0.3, -0.25) is 4.79 Å². The summed E-state index contributed by atoms with van der Waals surface area (Å²) in [7, 11) is 0. The molecule has 92 valence electrons. The van der Waals surface area contributed by atoms with Gasteiger partial charge in [0, 0.05) is 19.0 Å². The molecule has 1 amide bonds. The SMILES string of the molecule is CC(C)CC(=O)N1Cc2ccccc2CC1C. The first-order valence-corrected chi connectivity index (χ1v) is 6.44. The third kappa shape index (κ3) is 2.68. The van der Waals surface area contributed by atoms with Crippen molar-refractivity contribution in [2.75, 3.05) is 0 Å². The molecule has 1 aliphatic heterocycles. The van der Waals surface area contributed by atoms with Crippen molar-refractivity contribution in [1.29, 1.82) is 0 Å². The second-order valence-electron chi connectivity index (χ2n) is 5.44. The van der Waals surface area contributed by atoms with Crippen molar-refractivity contribution >= 4 is 5.91 Å². The van der Waals surface area contributed by atoms with Gasteiger partial charge in [0.1, 0.15) is 0 Å². The molecule has 1 unspecified atom stereocenters. The quantitative estimate of drug-likeness (QED) is 0.766. The van der Waals surface area contributed by atoms with Crippen LogP contribution < -0.4 is 0 Å². The molecule has 2 heteroatoms. The van der Waals surface area contributed by atoms with Gasteiger partial charge in [-0.15, -0.1) is 0 Å². The number of nitrogens with zero attached hydrogens (tertiary/aromatic N) is 1. The van der Waals surface area contributed by atoms with Crippen molar-refractivity contribution in [1.82, 2.24) is 4.90 Å². The lowest BCUT2D eigenvalue weighted by atomic mass is 9.94. The van der Waals surface area contributed by atoms with Gasteiger partial charge in [-0.05, 0) is 30.4 Å². The highest BCUT2D eigenvalue weighted by Gasteiger charge is 2.26. The van der Waals surface area contributed by atoms with Crippen LogP contribution in [0.15, 0.2) is 24.3 Å². The van der Waals surface area contributed by atoms with Crippen molar-refractivity contribution in [3.05, 3.63) is 35.4 Å². The maximum atomic E-state index is 12.2. The summed E-state index contributed by atoms with van der Waals surface area (Å²) in [6.45, 7) is 7.12. The number of hydrogen-bond acceptors (Lipinski definition) is 1. The molecule has 0 N–H and O–H groups in total. The van der Waals surface area contributed by atoms with Crippen LogP contribution in [-0.2, 0) is 17.8 Å². The average Bonchev–Trinajstić information content (AvgIpc) is 2.27. The first-order valence-electron chi connectivity index (χ1n) is 6.44. The molecule has 17 heavy (non-hydrogen) atoms. The Balaban J connectivity index is 2.14. The first-order chi connectivity index (χ1) is 8.08. The smallest absolute Gasteiger partial charge is 0.223 e. The summed E-state index contributed by atoms with van der Waals surface area (Å²) in [5, 5.41) is 0. The van der Waals surface area contributed by atoms with Crippen LogP contribution in [0.5, 0.6) is 0 Å². The van der Waals surface area contributed by atoms with Gasteiger partial charge >= 0.3 is 0 Å². The summed E-state index contributed by atoms with van der Waals surface area (Å²) in [5.74, 6) is 0.730. The normalized spacial score (nSPS) is 19.3. The highest BCUT2D eigenvalue weighted by Crippen LogP contribution is 2.24. The van der Waals surface area contributed by atoms with Crippen LogP contribution >= 0.6 is 0 Å². The second kappa shape index (κ2) is 4.91. The number of benzene rings is 1. The fourth-order valence-electron chi connectivity index (χ4n) is 2.48. The van der Waals surface area contributed by atoms with Crippen molar-refractivity contribution in [2.45, 2.75) is 46.2 Å². The van der Waals surface area contributed by atoms with E-state index in [0.717, 1.165) is 13.0 Å². The van der Waals surface area contributed by atoms with Crippen LogP contribution in [0.25, 0.3) is 0 Å². The molecule has 0 aliphatic carbocycles. The minimum absolute atomic E-state index is 0.294. The molecule has 1 aliphatic rings. The van der Waals surface area contributed by atoms with Crippen molar-refractivity contribution < 1.29 is 4.79 Å². The molecule has 2 nitrogen and oxygen atoms in total. The molecule has 0 radical (unpaired) electrons. The topological polar surface area (TPSA) is 20.3 Å².